The normalized spacial score (nSPS) is 12.2. The summed E-state index contributed by atoms with van der Waals surface area (Å²) in [6, 6.07) is 112. The summed E-state index contributed by atoms with van der Waals surface area (Å²) in [7, 11) is 0. The maximum absolute atomic E-state index is 6.95. The van der Waals surface area contributed by atoms with Crippen molar-refractivity contribution in [2.45, 2.75) is 0 Å². The molecule has 0 fully saturated rings. The van der Waals surface area contributed by atoms with Crippen LogP contribution < -0.4 is 0 Å². The summed E-state index contributed by atoms with van der Waals surface area (Å²) in [5, 5.41) is 29.2. The highest BCUT2D eigenvalue weighted by molar-refractivity contribution is 6.28. The molecule has 2 heteroatoms. The Kier molecular flexibility index (Phi) is 10.3. The minimum absolute atomic E-state index is 0.887. The van der Waals surface area contributed by atoms with E-state index in [9.17, 15) is 0 Å². The summed E-state index contributed by atoms with van der Waals surface area (Å²) in [6.45, 7) is 0. The molecule has 0 N–H and O–H groups in total. The van der Waals surface area contributed by atoms with Gasteiger partial charge in [0.25, 0.3) is 0 Å². The van der Waals surface area contributed by atoms with E-state index >= 15 is 0 Å². The van der Waals surface area contributed by atoms with Crippen LogP contribution in [0.15, 0.2) is 312 Å². The van der Waals surface area contributed by atoms with Gasteiger partial charge in [0.15, 0.2) is 0 Å². The summed E-state index contributed by atoms with van der Waals surface area (Å²) in [5.41, 5.74) is 15.7. The van der Waals surface area contributed by atoms with Gasteiger partial charge in [-0.3, -0.25) is 0 Å². The first-order valence-corrected chi connectivity index (χ1v) is 31.1. The maximum atomic E-state index is 6.95. The first-order valence-electron chi connectivity index (χ1n) is 31.1. The molecule has 20 aromatic rings. The highest BCUT2D eigenvalue weighted by Crippen LogP contribution is 2.50. The van der Waals surface area contributed by atoms with Gasteiger partial charge in [0, 0.05) is 27.1 Å². The molecule has 18 aromatic carbocycles. The van der Waals surface area contributed by atoms with E-state index in [0.29, 0.717) is 0 Å². The largest absolute Gasteiger partial charge is 0.456 e. The van der Waals surface area contributed by atoms with Crippen molar-refractivity contribution >= 4 is 152 Å². The number of para-hydroxylation sites is 2. The molecule has 0 saturated carbocycles. The van der Waals surface area contributed by atoms with Crippen LogP contribution in [0.2, 0.25) is 0 Å². The van der Waals surface area contributed by atoms with Gasteiger partial charge in [0.2, 0.25) is 0 Å². The van der Waals surface area contributed by atoms with Crippen molar-refractivity contribution in [3.05, 3.63) is 303 Å². The van der Waals surface area contributed by atoms with Gasteiger partial charge in [-0.05, 0) is 200 Å². The van der Waals surface area contributed by atoms with Crippen molar-refractivity contribution in [2.24, 2.45) is 0 Å². The summed E-state index contributed by atoms with van der Waals surface area (Å²) in [5.74, 6) is 0. The molecule has 0 aliphatic carbocycles. The minimum atomic E-state index is 0.887. The van der Waals surface area contributed by atoms with Crippen LogP contribution in [0.25, 0.3) is 207 Å². The van der Waals surface area contributed by atoms with E-state index < -0.39 is 0 Å². The maximum Gasteiger partial charge on any atom is 0.143 e. The molecule has 2 aromatic heterocycles. The Labute approximate surface area is 516 Å². The third kappa shape index (κ3) is 7.10. The highest BCUT2D eigenvalue weighted by atomic mass is 16.3. The SMILES string of the molecule is c1ccc2c(c1)ccc1c(-c3c4ccccc4c(-c4ccc5c(ccc6oc7c(-c8ccc9c(ccc%10cc(-c%11c%12ccccc%12c(-c%12ccc%13c(ccc%14oc%15ccccc%15c%14%13)c%12)c%12ccccc%11%12)ccc%109)c8)cccc7c65)c4)c4ccccc34)cccc12. The highest BCUT2D eigenvalue weighted by Gasteiger charge is 2.23. The average molecular weight is 1140 g/mol. The molecule has 2 nitrogen and oxygen atoms in total. The van der Waals surface area contributed by atoms with Crippen LogP contribution in [0.1, 0.15) is 0 Å². The number of fused-ring (bicyclic) bond motifs is 20. The van der Waals surface area contributed by atoms with Gasteiger partial charge >= 0.3 is 0 Å². The Balaban J connectivity index is 0.670. The molecule has 0 saturated heterocycles. The van der Waals surface area contributed by atoms with Crippen LogP contribution in [0.3, 0.4) is 0 Å². The smallest absolute Gasteiger partial charge is 0.143 e. The second-order valence-electron chi connectivity index (χ2n) is 24.4. The van der Waals surface area contributed by atoms with Gasteiger partial charge in [0.05, 0.1) is 0 Å². The molecule has 414 valence electrons. The molecule has 20 rings (SSSR count). The molecule has 0 amide bonds. The Morgan fingerprint density at radius 1 is 0.167 bits per heavy atom. The summed E-state index contributed by atoms with van der Waals surface area (Å²) in [4.78, 5) is 0. The zero-order valence-corrected chi connectivity index (χ0v) is 48.7. The van der Waals surface area contributed by atoms with Crippen molar-refractivity contribution in [2.75, 3.05) is 0 Å². The monoisotopic (exact) mass is 1140 g/mol. The molecule has 0 aliphatic heterocycles. The second kappa shape index (κ2) is 18.8. The lowest BCUT2D eigenvalue weighted by Gasteiger charge is -2.19. The molecule has 0 atom stereocenters. The van der Waals surface area contributed by atoms with Crippen LogP contribution >= 0.6 is 0 Å². The summed E-state index contributed by atoms with van der Waals surface area (Å²) in [6.07, 6.45) is 0. The van der Waals surface area contributed by atoms with E-state index in [1.807, 2.05) is 6.07 Å². The Morgan fingerprint density at radius 3 is 1.08 bits per heavy atom. The van der Waals surface area contributed by atoms with E-state index in [4.69, 9.17) is 8.83 Å². The van der Waals surface area contributed by atoms with Crippen molar-refractivity contribution in [3.63, 3.8) is 0 Å². The minimum Gasteiger partial charge on any atom is -0.456 e. The van der Waals surface area contributed by atoms with Gasteiger partial charge in [-0.2, -0.15) is 0 Å². The Morgan fingerprint density at radius 2 is 0.522 bits per heavy atom. The van der Waals surface area contributed by atoms with E-state index in [-0.39, 0.29) is 0 Å². The first kappa shape index (κ1) is 49.3. The lowest BCUT2D eigenvalue weighted by molar-refractivity contribution is 0.669. The van der Waals surface area contributed by atoms with Crippen molar-refractivity contribution < 1.29 is 8.83 Å². The van der Waals surface area contributed by atoms with E-state index in [1.165, 1.54) is 158 Å². The third-order valence-electron chi connectivity index (χ3n) is 19.8. The molecule has 0 aliphatic rings. The number of benzene rings is 18. The lowest BCUT2D eigenvalue weighted by atomic mass is 9.84. The van der Waals surface area contributed by atoms with Crippen LogP contribution in [0.5, 0.6) is 0 Å². The van der Waals surface area contributed by atoms with Gasteiger partial charge in [0.1, 0.15) is 22.3 Å². The van der Waals surface area contributed by atoms with Crippen LogP contribution in [-0.4, -0.2) is 0 Å². The molecule has 0 radical (unpaired) electrons. The molecule has 90 heavy (non-hydrogen) atoms. The molecule has 2 heterocycles. The number of hydrogen-bond donors (Lipinski definition) is 0. The fraction of sp³-hybridized carbons (Fsp3) is 0. The van der Waals surface area contributed by atoms with E-state index in [0.717, 1.165) is 49.6 Å². The zero-order chi connectivity index (χ0) is 58.7. The fourth-order valence-corrected chi connectivity index (χ4v) is 15.9. The Bertz CT molecular complexity index is 6420. The van der Waals surface area contributed by atoms with Crippen LogP contribution in [-0.2, 0) is 0 Å². The fourth-order valence-electron chi connectivity index (χ4n) is 15.9. The molecule has 0 bridgehead atoms. The van der Waals surface area contributed by atoms with E-state index in [2.05, 4.69) is 297 Å². The van der Waals surface area contributed by atoms with Crippen molar-refractivity contribution in [3.8, 4) is 55.6 Å². The quantitative estimate of drug-likeness (QED) is 0.127. The van der Waals surface area contributed by atoms with Crippen LogP contribution in [0, 0.1) is 0 Å². The van der Waals surface area contributed by atoms with Crippen LogP contribution in [0.4, 0.5) is 0 Å². The lowest BCUT2D eigenvalue weighted by Crippen LogP contribution is -1.92. The first-order chi connectivity index (χ1) is 44.6. The molecular weight excluding hydrogens is 1090 g/mol. The van der Waals surface area contributed by atoms with Crippen molar-refractivity contribution in [1.82, 2.24) is 0 Å². The summed E-state index contributed by atoms with van der Waals surface area (Å²) < 4.78 is 13.2. The Hall–Kier alpha value is -11.8. The molecule has 0 spiro atoms. The third-order valence-corrected chi connectivity index (χ3v) is 19.8. The number of hydrogen-bond acceptors (Lipinski definition) is 2. The molecule has 0 unspecified atom stereocenters. The average Bonchev–Trinajstić information content (AvgIpc) is 1.10. The predicted octanol–water partition coefficient (Wildman–Crippen LogP) is 25.4. The van der Waals surface area contributed by atoms with Crippen molar-refractivity contribution in [1.29, 1.82) is 0 Å². The van der Waals surface area contributed by atoms with Gasteiger partial charge in [-0.1, -0.05) is 261 Å². The van der Waals surface area contributed by atoms with Gasteiger partial charge < -0.3 is 8.83 Å². The van der Waals surface area contributed by atoms with Gasteiger partial charge in [-0.25, -0.2) is 0 Å². The predicted molar refractivity (Wildman–Crippen MR) is 383 cm³/mol. The second-order valence-corrected chi connectivity index (χ2v) is 24.4. The number of rotatable bonds is 5. The summed E-state index contributed by atoms with van der Waals surface area (Å²) >= 11 is 0. The van der Waals surface area contributed by atoms with E-state index in [1.54, 1.807) is 0 Å². The topological polar surface area (TPSA) is 26.3 Å². The molecular formula is C88H50O2. The zero-order valence-electron chi connectivity index (χ0n) is 48.7. The standard InChI is InChI=1S/C88H50O2/c1-2-16-60-51(15-1)33-44-67-66(60)27-14-28-68(67)85-75-23-9-7-21-73(75)84(74-22-8-10-24-76(74)85)59-37-43-64-55(50-59)39-46-81-87(64)78-29-13-26-65(88(78)90-81)56-34-40-61-52(47-56)31-32-53-48-57(35-41-62(53)61)82-69-17-3-5-19-71(69)83(72-20-6-4-18-70(72)82)58-36-42-63-54(49-58)38-45-80-86(63)77-25-11-12-30-79(77)89-80/h1-50H. The van der Waals surface area contributed by atoms with Gasteiger partial charge in [-0.15, -0.1) is 0 Å². The number of furan rings is 2.